The molecule has 0 atom stereocenters. The summed E-state index contributed by atoms with van der Waals surface area (Å²) < 4.78 is 15.2. The van der Waals surface area contributed by atoms with Crippen LogP contribution in [0.1, 0.15) is 27.2 Å². The molecule has 5 rings (SSSR count). The second kappa shape index (κ2) is 10.5. The number of carbonyl (C=O) groups excluding carboxylic acids is 2. The standard InChI is InChI=1S/C31H26FN3O2/c1-21-6-5-7-23(16-21)20-35-28-15-14-27(33-30(36)17-22-10-12-25(32)13-11-22)18-24(28)19-29(35)31(37)34-26-8-3-2-4-9-26/h2-16,18-19H,17,20H2,1H3,(H,33,36)(H,34,37). The molecule has 2 N–H and O–H groups in total. The number of hydrogen-bond acceptors (Lipinski definition) is 2. The lowest BCUT2D eigenvalue weighted by Crippen LogP contribution is -2.17. The van der Waals surface area contributed by atoms with Gasteiger partial charge in [-0.3, -0.25) is 9.59 Å². The maximum absolute atomic E-state index is 13.3. The molecule has 0 spiro atoms. The van der Waals surface area contributed by atoms with Gasteiger partial charge in [0.1, 0.15) is 11.5 Å². The van der Waals surface area contributed by atoms with Crippen molar-refractivity contribution in [2.45, 2.75) is 19.9 Å². The molecule has 0 bridgehead atoms. The number of nitrogens with zero attached hydrogens (tertiary/aromatic N) is 1. The van der Waals surface area contributed by atoms with Gasteiger partial charge in [-0.1, -0.05) is 60.2 Å². The number of amides is 2. The van der Waals surface area contributed by atoms with E-state index in [1.807, 2.05) is 84.3 Å². The number of carbonyl (C=O) groups is 2. The average Bonchev–Trinajstić information content (AvgIpc) is 3.23. The normalized spacial score (nSPS) is 10.9. The van der Waals surface area contributed by atoms with Crippen LogP contribution in [-0.4, -0.2) is 16.4 Å². The number of benzene rings is 4. The van der Waals surface area contributed by atoms with Crippen molar-refractivity contribution >= 4 is 34.1 Å². The first-order chi connectivity index (χ1) is 17.9. The molecule has 184 valence electrons. The van der Waals surface area contributed by atoms with Gasteiger partial charge in [0.25, 0.3) is 5.91 Å². The number of hydrogen-bond donors (Lipinski definition) is 2. The topological polar surface area (TPSA) is 63.1 Å². The number of anilines is 2. The summed E-state index contributed by atoms with van der Waals surface area (Å²) in [5.74, 6) is -0.749. The lowest BCUT2D eigenvalue weighted by atomic mass is 10.1. The number of para-hydroxylation sites is 1. The van der Waals surface area contributed by atoms with Gasteiger partial charge in [-0.2, -0.15) is 0 Å². The van der Waals surface area contributed by atoms with Crippen molar-refractivity contribution < 1.29 is 14.0 Å². The summed E-state index contributed by atoms with van der Waals surface area (Å²) in [7, 11) is 0. The van der Waals surface area contributed by atoms with Gasteiger partial charge >= 0.3 is 0 Å². The molecule has 0 unspecified atom stereocenters. The summed E-state index contributed by atoms with van der Waals surface area (Å²) in [6.45, 7) is 2.57. The van der Waals surface area contributed by atoms with Crippen molar-refractivity contribution in [3.8, 4) is 0 Å². The second-order valence-corrected chi connectivity index (χ2v) is 9.05. The molecule has 0 aliphatic heterocycles. The van der Waals surface area contributed by atoms with Crippen LogP contribution in [0.2, 0.25) is 0 Å². The predicted molar refractivity (Wildman–Crippen MR) is 145 cm³/mol. The Bertz CT molecular complexity index is 1570. The molecular weight excluding hydrogens is 465 g/mol. The van der Waals surface area contributed by atoms with Crippen LogP contribution in [0.4, 0.5) is 15.8 Å². The molecule has 0 aliphatic rings. The van der Waals surface area contributed by atoms with E-state index in [1.165, 1.54) is 12.1 Å². The second-order valence-electron chi connectivity index (χ2n) is 9.05. The summed E-state index contributed by atoms with van der Waals surface area (Å²) in [6.07, 6.45) is 0.136. The molecule has 1 heterocycles. The Morgan fingerprint density at radius 1 is 0.757 bits per heavy atom. The van der Waals surface area contributed by atoms with E-state index in [4.69, 9.17) is 0 Å². The van der Waals surface area contributed by atoms with Crippen LogP contribution in [0.5, 0.6) is 0 Å². The quantitative estimate of drug-likeness (QED) is 0.270. The molecule has 37 heavy (non-hydrogen) atoms. The van der Waals surface area contributed by atoms with Gasteiger partial charge in [0.15, 0.2) is 0 Å². The Labute approximate surface area is 214 Å². The summed E-state index contributed by atoms with van der Waals surface area (Å²) in [5, 5.41) is 6.73. The number of fused-ring (bicyclic) bond motifs is 1. The Morgan fingerprint density at radius 3 is 2.30 bits per heavy atom. The zero-order chi connectivity index (χ0) is 25.8. The third-order valence-electron chi connectivity index (χ3n) is 6.15. The van der Waals surface area contributed by atoms with E-state index in [0.717, 1.165) is 27.6 Å². The van der Waals surface area contributed by atoms with Crippen LogP contribution >= 0.6 is 0 Å². The number of rotatable bonds is 7. The van der Waals surface area contributed by atoms with E-state index < -0.39 is 0 Å². The highest BCUT2D eigenvalue weighted by molar-refractivity contribution is 6.07. The Morgan fingerprint density at radius 2 is 1.54 bits per heavy atom. The first-order valence-corrected chi connectivity index (χ1v) is 12.0. The molecule has 0 saturated carbocycles. The van der Waals surface area contributed by atoms with Crippen LogP contribution in [-0.2, 0) is 17.8 Å². The van der Waals surface area contributed by atoms with Gasteiger partial charge in [0.05, 0.1) is 6.42 Å². The van der Waals surface area contributed by atoms with E-state index in [0.29, 0.717) is 23.6 Å². The predicted octanol–water partition coefficient (Wildman–Crippen LogP) is 6.57. The van der Waals surface area contributed by atoms with Gasteiger partial charge in [0, 0.05) is 28.8 Å². The molecule has 0 radical (unpaired) electrons. The molecule has 2 amide bonds. The van der Waals surface area contributed by atoms with Crippen molar-refractivity contribution in [2.24, 2.45) is 0 Å². The molecule has 4 aromatic carbocycles. The first kappa shape index (κ1) is 24.0. The zero-order valence-electron chi connectivity index (χ0n) is 20.4. The number of aromatic nitrogens is 1. The molecule has 0 fully saturated rings. The van der Waals surface area contributed by atoms with Crippen molar-refractivity contribution in [1.29, 1.82) is 0 Å². The van der Waals surface area contributed by atoms with Crippen LogP contribution in [0, 0.1) is 12.7 Å². The van der Waals surface area contributed by atoms with E-state index in [1.54, 1.807) is 12.1 Å². The summed E-state index contributed by atoms with van der Waals surface area (Å²) in [4.78, 5) is 25.9. The summed E-state index contributed by atoms with van der Waals surface area (Å²) in [5.41, 5.74) is 5.71. The fourth-order valence-corrected chi connectivity index (χ4v) is 4.41. The molecule has 5 aromatic rings. The van der Waals surface area contributed by atoms with Crippen LogP contribution in [0.25, 0.3) is 10.9 Å². The van der Waals surface area contributed by atoms with Crippen LogP contribution < -0.4 is 10.6 Å². The highest BCUT2D eigenvalue weighted by atomic mass is 19.1. The van der Waals surface area contributed by atoms with E-state index in [-0.39, 0.29) is 24.1 Å². The fourth-order valence-electron chi connectivity index (χ4n) is 4.41. The SMILES string of the molecule is Cc1cccc(Cn2c(C(=O)Nc3ccccc3)cc3cc(NC(=O)Cc4ccc(F)cc4)ccc32)c1. The largest absolute Gasteiger partial charge is 0.332 e. The van der Waals surface area contributed by atoms with Gasteiger partial charge in [-0.15, -0.1) is 0 Å². The maximum atomic E-state index is 13.3. The fraction of sp³-hybridized carbons (Fsp3) is 0.0968. The highest BCUT2D eigenvalue weighted by Gasteiger charge is 2.17. The van der Waals surface area contributed by atoms with Gasteiger partial charge in [-0.05, 0) is 66.6 Å². The Kier molecular flexibility index (Phi) is 6.81. The lowest BCUT2D eigenvalue weighted by Gasteiger charge is -2.12. The molecule has 5 nitrogen and oxygen atoms in total. The minimum absolute atomic E-state index is 0.136. The van der Waals surface area contributed by atoms with Crippen molar-refractivity contribution in [1.82, 2.24) is 4.57 Å². The molecule has 6 heteroatoms. The third kappa shape index (κ3) is 5.76. The molecule has 0 aliphatic carbocycles. The number of halogens is 1. The Balaban J connectivity index is 1.45. The van der Waals surface area contributed by atoms with Crippen LogP contribution in [0.3, 0.4) is 0 Å². The van der Waals surface area contributed by atoms with Gasteiger partial charge in [-0.25, -0.2) is 4.39 Å². The maximum Gasteiger partial charge on any atom is 0.272 e. The first-order valence-electron chi connectivity index (χ1n) is 12.0. The van der Waals surface area contributed by atoms with Crippen molar-refractivity contribution in [3.05, 3.63) is 131 Å². The smallest absolute Gasteiger partial charge is 0.272 e. The van der Waals surface area contributed by atoms with Crippen LogP contribution in [0.15, 0.2) is 103 Å². The van der Waals surface area contributed by atoms with E-state index in [2.05, 4.69) is 16.7 Å². The average molecular weight is 492 g/mol. The monoisotopic (exact) mass is 491 g/mol. The van der Waals surface area contributed by atoms with E-state index in [9.17, 15) is 14.0 Å². The minimum atomic E-state index is -0.336. The molecule has 0 saturated heterocycles. The Hall–Kier alpha value is -4.71. The van der Waals surface area contributed by atoms with Gasteiger partial charge < -0.3 is 15.2 Å². The molecule has 1 aromatic heterocycles. The number of nitrogens with one attached hydrogen (secondary N) is 2. The lowest BCUT2D eigenvalue weighted by molar-refractivity contribution is -0.115. The number of aryl methyl sites for hydroxylation is 1. The minimum Gasteiger partial charge on any atom is -0.332 e. The van der Waals surface area contributed by atoms with Crippen molar-refractivity contribution in [2.75, 3.05) is 10.6 Å². The summed E-state index contributed by atoms with van der Waals surface area (Å²) in [6, 6.07) is 30.9. The highest BCUT2D eigenvalue weighted by Crippen LogP contribution is 2.26. The van der Waals surface area contributed by atoms with Crippen molar-refractivity contribution in [3.63, 3.8) is 0 Å². The zero-order valence-corrected chi connectivity index (χ0v) is 20.4. The third-order valence-corrected chi connectivity index (χ3v) is 6.15. The van der Waals surface area contributed by atoms with E-state index >= 15 is 0 Å². The summed E-state index contributed by atoms with van der Waals surface area (Å²) >= 11 is 0. The molecular formula is C31H26FN3O2. The van der Waals surface area contributed by atoms with Gasteiger partial charge in [0.2, 0.25) is 5.91 Å².